The smallest absolute Gasteiger partial charge is 0.129 e. The van der Waals surface area contributed by atoms with Crippen molar-refractivity contribution >= 4 is 5.78 Å². The van der Waals surface area contributed by atoms with Crippen molar-refractivity contribution < 1.29 is 33.7 Å². The first kappa shape index (κ1) is 14.3. The fourth-order valence-corrected chi connectivity index (χ4v) is 0.426. The Balaban J connectivity index is 0. The molecule has 0 amide bonds. The van der Waals surface area contributed by atoms with Gasteiger partial charge in [0.2, 0.25) is 0 Å². The highest BCUT2D eigenvalue weighted by Crippen LogP contribution is 1.92. The third kappa shape index (κ3) is 52.6. The monoisotopic (exact) mass is 200 g/mol. The number of unbranched alkanes of at least 4 members (excludes halogenated alkanes) is 1. The molecule has 0 aliphatic rings. The molecule has 0 unspecified atom stereocenters. The summed E-state index contributed by atoms with van der Waals surface area (Å²) in [6.45, 7) is 3.72. The first-order valence-electron chi connectivity index (χ1n) is 3.40. The van der Waals surface area contributed by atoms with Gasteiger partial charge in [-0.25, -0.2) is 0 Å². The summed E-state index contributed by atoms with van der Waals surface area (Å²) in [5.41, 5.74) is 0. The molecule has 0 spiro atoms. The third-order valence-corrected chi connectivity index (χ3v) is 0.882. The average Bonchev–Trinajstić information content (AvgIpc) is 1.79. The van der Waals surface area contributed by atoms with E-state index < -0.39 is 10.2 Å². The van der Waals surface area contributed by atoms with Crippen LogP contribution in [0.15, 0.2) is 0 Å². The molecule has 12 heavy (non-hydrogen) atoms. The molecule has 0 fully saturated rings. The third-order valence-electron chi connectivity index (χ3n) is 0.882. The second-order valence-electron chi connectivity index (χ2n) is 2.20. The van der Waals surface area contributed by atoms with Gasteiger partial charge in [0.1, 0.15) is 5.78 Å². The summed E-state index contributed by atoms with van der Waals surface area (Å²) in [5, 5.41) is 0. The summed E-state index contributed by atoms with van der Waals surface area (Å²) in [6.07, 6.45) is 2.94. The van der Waals surface area contributed by atoms with Crippen molar-refractivity contribution in [2.45, 2.75) is 33.1 Å². The first-order valence-corrected chi connectivity index (χ1v) is 4.66. The van der Waals surface area contributed by atoms with Crippen LogP contribution in [0.1, 0.15) is 33.1 Å². The topological polar surface area (TPSA) is 106 Å². The Kier molecular flexibility index (Phi) is 8.90. The Labute approximate surface area is 73.4 Å². The fourth-order valence-electron chi connectivity index (χ4n) is 0.426. The van der Waals surface area contributed by atoms with E-state index in [2.05, 4.69) is 6.92 Å². The van der Waals surface area contributed by atoms with Crippen LogP contribution < -0.4 is 14.0 Å². The van der Waals surface area contributed by atoms with Gasteiger partial charge >= 0.3 is 0 Å². The molecule has 0 aliphatic carbocycles. The van der Waals surface area contributed by atoms with E-state index in [9.17, 15) is 4.79 Å². The van der Waals surface area contributed by atoms with Gasteiger partial charge in [0.15, 0.2) is 0 Å². The number of rotatable bonds is 3. The van der Waals surface area contributed by atoms with Gasteiger partial charge in [0.25, 0.3) is 0 Å². The minimum atomic E-state index is -4.69. The summed E-state index contributed by atoms with van der Waals surface area (Å²) >= 11 is 0. The average molecular weight is 201 g/mol. The molecule has 0 aliphatic heterocycles. The van der Waals surface area contributed by atoms with Crippen molar-refractivity contribution in [2.75, 3.05) is 0 Å². The summed E-state index contributed by atoms with van der Waals surface area (Å²) in [7, 11) is -4.69. The van der Waals surface area contributed by atoms with Crippen molar-refractivity contribution in [3.63, 3.8) is 0 Å². The van der Waals surface area contributed by atoms with Crippen LogP contribution in [-0.4, -0.2) is 10.4 Å². The van der Waals surface area contributed by atoms with E-state index in [0.717, 1.165) is 19.3 Å². The van der Waals surface area contributed by atoms with Gasteiger partial charge in [-0.15, -0.1) is 0 Å². The summed E-state index contributed by atoms with van der Waals surface area (Å²) in [4.78, 5) is 10.2. The molecule has 0 aromatic rings. The van der Waals surface area contributed by atoms with E-state index in [1.807, 2.05) is 0 Å². The maximum atomic E-state index is 10.2. The Morgan fingerprint density at radius 1 is 1.42 bits per heavy atom. The lowest BCUT2D eigenvalue weighted by atomic mass is 10.2. The quantitative estimate of drug-likeness (QED) is 0.549. The Morgan fingerprint density at radius 2 is 1.75 bits per heavy atom. The number of ketones is 1. The predicted molar refractivity (Wildman–Crippen MR) is 32.4 cm³/mol. The van der Waals surface area contributed by atoms with E-state index in [-0.39, 0.29) is 0 Å². The van der Waals surface area contributed by atoms with Gasteiger partial charge in [-0.2, -0.15) is 14.0 Å². The first-order chi connectivity index (χ1) is 5.27. The summed E-state index contributed by atoms with van der Waals surface area (Å²) in [6, 6.07) is 0. The summed E-state index contributed by atoms with van der Waals surface area (Å²) < 4.78 is 32.7. The van der Waals surface area contributed by atoms with Gasteiger partial charge in [-0.3, -0.25) is 0 Å². The zero-order valence-corrected chi connectivity index (χ0v) is 7.84. The molecular formula is C6H13ClO5. The molecule has 1 N–H and O–H groups in total. The van der Waals surface area contributed by atoms with Gasteiger partial charge in [0.05, 0.1) is 14.9 Å². The molecule has 0 bridgehead atoms. The second kappa shape index (κ2) is 7.45. The molecule has 6 heteroatoms. The van der Waals surface area contributed by atoms with Crippen molar-refractivity contribution in [1.82, 2.24) is 0 Å². The van der Waals surface area contributed by atoms with Crippen LogP contribution in [0, 0.1) is 10.2 Å². The minimum Gasteiger partial charge on any atom is -0.300 e. The molecule has 0 heterocycles. The molecule has 0 saturated heterocycles. The Morgan fingerprint density at radius 3 is 1.83 bits per heavy atom. The lowest BCUT2D eigenvalue weighted by molar-refractivity contribution is -1.92. The van der Waals surface area contributed by atoms with Crippen LogP contribution in [-0.2, 0) is 4.79 Å². The largest absolute Gasteiger partial charge is 0.300 e. The van der Waals surface area contributed by atoms with Crippen molar-refractivity contribution in [3.05, 3.63) is 0 Å². The van der Waals surface area contributed by atoms with Gasteiger partial charge < -0.3 is 4.79 Å². The van der Waals surface area contributed by atoms with E-state index >= 15 is 0 Å². The van der Waals surface area contributed by atoms with Crippen molar-refractivity contribution in [1.29, 1.82) is 0 Å². The molecule has 5 nitrogen and oxygen atoms in total. The summed E-state index contributed by atoms with van der Waals surface area (Å²) in [5.74, 6) is 0.307. The van der Waals surface area contributed by atoms with Gasteiger partial charge in [-0.1, -0.05) is 13.3 Å². The molecule has 0 rings (SSSR count). The zero-order chi connectivity index (χ0) is 10.2. The maximum absolute atomic E-state index is 10.2. The van der Waals surface area contributed by atoms with Crippen LogP contribution in [0.3, 0.4) is 0 Å². The standard InChI is InChI=1S/C6H12O.ClHO4/c1-3-4-5-6(2)7;2-1(3,4)5/h3-5H2,1-2H3;(H,2,3,4,5). The van der Waals surface area contributed by atoms with Gasteiger partial charge in [-0.05, 0) is 13.3 Å². The van der Waals surface area contributed by atoms with Crippen LogP contribution in [0.4, 0.5) is 0 Å². The van der Waals surface area contributed by atoms with Crippen LogP contribution >= 0.6 is 0 Å². The zero-order valence-electron chi connectivity index (χ0n) is 7.08. The predicted octanol–water partition coefficient (Wildman–Crippen LogP) is -2.36. The fraction of sp³-hybridized carbons (Fsp3) is 0.833. The Hall–Kier alpha value is -0.200. The lowest BCUT2D eigenvalue weighted by Crippen LogP contribution is -2.58. The highest BCUT2D eigenvalue weighted by molar-refractivity contribution is 5.75. The maximum Gasteiger partial charge on any atom is 0.129 e. The highest BCUT2D eigenvalue weighted by Gasteiger charge is 1.98. The number of hydrogen-bond donors (Lipinski definition) is 1. The number of hydrogen-bond acceptors (Lipinski definition) is 5. The Bertz CT molecular complexity index is 114. The number of carbonyl (C=O) groups excluding carboxylic acids is 1. The molecule has 0 saturated carbocycles. The van der Waals surface area contributed by atoms with Crippen LogP contribution in [0.5, 0.6) is 0 Å². The van der Waals surface area contributed by atoms with E-state index in [0.29, 0.717) is 5.78 Å². The highest BCUT2D eigenvalue weighted by atomic mass is 35.7. The number of Topliss-reactive ketones (excluding diaryl/α,β-unsaturated/α-hetero) is 1. The molecule has 0 radical (unpaired) electrons. The number of carbonyl (C=O) groups is 1. The SMILES string of the molecule is CCCCC(C)=O.[O-][Cl+3]([O-])([O-])O. The van der Waals surface area contributed by atoms with Crippen LogP contribution in [0.25, 0.3) is 0 Å². The minimum absolute atomic E-state index is 0.307. The van der Waals surface area contributed by atoms with E-state index in [4.69, 9.17) is 18.6 Å². The lowest BCUT2D eigenvalue weighted by Gasteiger charge is -2.03. The number of halogens is 1. The molecule has 0 aromatic carbocycles. The molecular weight excluding hydrogens is 188 g/mol. The van der Waals surface area contributed by atoms with Crippen molar-refractivity contribution in [2.24, 2.45) is 0 Å². The molecule has 74 valence electrons. The van der Waals surface area contributed by atoms with Crippen LogP contribution in [0.2, 0.25) is 0 Å². The van der Waals surface area contributed by atoms with E-state index in [1.165, 1.54) is 0 Å². The second-order valence-corrected chi connectivity index (χ2v) is 2.99. The normalized spacial score (nSPS) is 10.2. The van der Waals surface area contributed by atoms with Gasteiger partial charge in [0, 0.05) is 6.42 Å². The molecule has 0 atom stereocenters. The van der Waals surface area contributed by atoms with E-state index in [1.54, 1.807) is 6.92 Å². The molecule has 0 aromatic heterocycles. The van der Waals surface area contributed by atoms with Crippen molar-refractivity contribution in [3.8, 4) is 0 Å².